The maximum absolute atomic E-state index is 13.0. The second-order valence-corrected chi connectivity index (χ2v) is 7.53. The number of phenols is 1. The van der Waals surface area contributed by atoms with Crippen LogP contribution in [0.2, 0.25) is 0 Å². The average Bonchev–Trinajstić information content (AvgIpc) is 3.29. The fourth-order valence-electron chi connectivity index (χ4n) is 4.84. The van der Waals surface area contributed by atoms with Gasteiger partial charge in [0.15, 0.2) is 5.78 Å². The van der Waals surface area contributed by atoms with Gasteiger partial charge in [0.1, 0.15) is 5.75 Å². The van der Waals surface area contributed by atoms with E-state index in [0.717, 1.165) is 36.6 Å². The summed E-state index contributed by atoms with van der Waals surface area (Å²) in [4.78, 5) is 15.5. The van der Waals surface area contributed by atoms with E-state index in [-0.39, 0.29) is 17.6 Å². The van der Waals surface area contributed by atoms with Gasteiger partial charge in [0, 0.05) is 18.7 Å². The predicted octanol–water partition coefficient (Wildman–Crippen LogP) is 3.43. The number of nitrogens with zero attached hydrogens (tertiary/aromatic N) is 1. The molecular weight excluding hydrogens is 274 g/mol. The van der Waals surface area contributed by atoms with E-state index in [1.165, 1.54) is 12.8 Å². The average molecular weight is 299 g/mol. The normalized spacial score (nSPS) is 34.5. The molecule has 4 atom stereocenters. The summed E-state index contributed by atoms with van der Waals surface area (Å²) >= 11 is 0. The van der Waals surface area contributed by atoms with Crippen molar-refractivity contribution in [2.24, 2.45) is 17.8 Å². The van der Waals surface area contributed by atoms with Crippen LogP contribution in [0, 0.1) is 17.8 Å². The van der Waals surface area contributed by atoms with Crippen LogP contribution in [0.3, 0.4) is 0 Å². The topological polar surface area (TPSA) is 40.5 Å². The molecule has 3 nitrogen and oxygen atoms in total. The van der Waals surface area contributed by atoms with Gasteiger partial charge in [-0.3, -0.25) is 9.69 Å². The molecular formula is C19H25NO2. The monoisotopic (exact) mass is 299 g/mol. The molecule has 0 spiro atoms. The van der Waals surface area contributed by atoms with Crippen LogP contribution in [0.5, 0.6) is 5.75 Å². The number of hydrogen-bond acceptors (Lipinski definition) is 3. The molecule has 2 aliphatic carbocycles. The Bertz CT molecular complexity index is 607. The Labute approximate surface area is 132 Å². The Morgan fingerprint density at radius 1 is 1.32 bits per heavy atom. The summed E-state index contributed by atoms with van der Waals surface area (Å²) in [7, 11) is 0. The van der Waals surface area contributed by atoms with Crippen molar-refractivity contribution in [1.82, 2.24) is 4.90 Å². The third-order valence-corrected chi connectivity index (χ3v) is 6.08. The molecule has 1 aliphatic heterocycles. The van der Waals surface area contributed by atoms with Crippen LogP contribution in [0.4, 0.5) is 0 Å². The summed E-state index contributed by atoms with van der Waals surface area (Å²) in [6.07, 6.45) is 3.79. The van der Waals surface area contributed by atoms with Gasteiger partial charge in [-0.05, 0) is 60.3 Å². The number of rotatable bonds is 3. The van der Waals surface area contributed by atoms with Gasteiger partial charge in [-0.1, -0.05) is 20.3 Å². The molecule has 2 fully saturated rings. The molecule has 0 radical (unpaired) electrons. The molecule has 22 heavy (non-hydrogen) atoms. The number of hydrogen-bond donors (Lipinski definition) is 1. The lowest BCUT2D eigenvalue weighted by molar-refractivity contribution is 0.0266. The van der Waals surface area contributed by atoms with Crippen LogP contribution < -0.4 is 0 Å². The van der Waals surface area contributed by atoms with E-state index >= 15 is 0 Å². The second kappa shape index (κ2) is 5.09. The van der Waals surface area contributed by atoms with Crippen molar-refractivity contribution in [3.05, 3.63) is 29.3 Å². The zero-order chi connectivity index (χ0) is 15.4. The molecule has 0 amide bonds. The van der Waals surface area contributed by atoms with Gasteiger partial charge in [0.05, 0.1) is 6.04 Å². The van der Waals surface area contributed by atoms with Crippen molar-refractivity contribution in [1.29, 1.82) is 0 Å². The first kappa shape index (κ1) is 14.3. The number of carbonyl (C=O) groups excluding carboxylic acids is 1. The molecule has 4 rings (SSSR count). The number of ketones is 1. The number of fused-ring (bicyclic) bond motifs is 4. The molecule has 1 heterocycles. The quantitative estimate of drug-likeness (QED) is 0.929. The summed E-state index contributed by atoms with van der Waals surface area (Å²) in [5.74, 6) is 2.71. The summed E-state index contributed by atoms with van der Waals surface area (Å²) in [6.45, 7) is 6.62. The number of Topliss-reactive ketones (excluding diaryl/α,β-unsaturated/α-hetero) is 1. The predicted molar refractivity (Wildman–Crippen MR) is 86.2 cm³/mol. The zero-order valence-corrected chi connectivity index (χ0v) is 13.5. The SMILES string of the molecule is CCC1CN(CC2CC2)[C@H]2C(=O)c3ccc(O)cc3[C@@H]1C2C. The van der Waals surface area contributed by atoms with Gasteiger partial charge >= 0.3 is 0 Å². The summed E-state index contributed by atoms with van der Waals surface area (Å²) in [5, 5.41) is 9.87. The Morgan fingerprint density at radius 2 is 2.09 bits per heavy atom. The highest BCUT2D eigenvalue weighted by Gasteiger charge is 2.50. The lowest BCUT2D eigenvalue weighted by Crippen LogP contribution is -2.58. The van der Waals surface area contributed by atoms with Crippen LogP contribution >= 0.6 is 0 Å². The number of piperidine rings is 1. The molecule has 3 aliphatic rings. The molecule has 3 heteroatoms. The minimum atomic E-state index is 0.0467. The van der Waals surface area contributed by atoms with Crippen LogP contribution in [0.15, 0.2) is 18.2 Å². The van der Waals surface area contributed by atoms with Crippen molar-refractivity contribution in [3.63, 3.8) is 0 Å². The van der Waals surface area contributed by atoms with Gasteiger partial charge < -0.3 is 5.11 Å². The third kappa shape index (κ3) is 2.10. The molecule has 1 aromatic rings. The van der Waals surface area contributed by atoms with E-state index in [4.69, 9.17) is 0 Å². The van der Waals surface area contributed by atoms with Crippen LogP contribution in [-0.2, 0) is 0 Å². The first-order valence-electron chi connectivity index (χ1n) is 8.71. The largest absolute Gasteiger partial charge is 0.508 e. The summed E-state index contributed by atoms with van der Waals surface area (Å²) in [6, 6.07) is 5.38. The van der Waals surface area contributed by atoms with E-state index in [0.29, 0.717) is 17.8 Å². The van der Waals surface area contributed by atoms with Gasteiger partial charge in [0.2, 0.25) is 0 Å². The molecule has 1 aromatic carbocycles. The molecule has 1 N–H and O–H groups in total. The van der Waals surface area contributed by atoms with Crippen molar-refractivity contribution >= 4 is 5.78 Å². The van der Waals surface area contributed by atoms with Crippen molar-refractivity contribution in [2.45, 2.75) is 45.1 Å². The third-order valence-electron chi connectivity index (χ3n) is 6.08. The van der Waals surface area contributed by atoms with E-state index in [2.05, 4.69) is 18.7 Å². The summed E-state index contributed by atoms with van der Waals surface area (Å²) in [5.41, 5.74) is 1.94. The number of likely N-dealkylation sites (tertiary alicyclic amines) is 1. The highest BCUT2D eigenvalue weighted by Crippen LogP contribution is 2.49. The van der Waals surface area contributed by atoms with E-state index in [9.17, 15) is 9.90 Å². The van der Waals surface area contributed by atoms with Gasteiger partial charge in [-0.15, -0.1) is 0 Å². The minimum absolute atomic E-state index is 0.0467. The van der Waals surface area contributed by atoms with Crippen molar-refractivity contribution in [2.75, 3.05) is 13.1 Å². The smallest absolute Gasteiger partial charge is 0.180 e. The fraction of sp³-hybridized carbons (Fsp3) is 0.632. The number of aromatic hydroxyl groups is 1. The minimum Gasteiger partial charge on any atom is -0.508 e. The highest BCUT2D eigenvalue weighted by molar-refractivity contribution is 6.03. The fourth-order valence-corrected chi connectivity index (χ4v) is 4.84. The Kier molecular flexibility index (Phi) is 3.30. The Balaban J connectivity index is 1.78. The molecule has 2 bridgehead atoms. The van der Waals surface area contributed by atoms with E-state index in [1.807, 2.05) is 12.1 Å². The number of benzene rings is 1. The Hall–Kier alpha value is -1.35. The van der Waals surface area contributed by atoms with Crippen LogP contribution in [-0.4, -0.2) is 34.9 Å². The standard InChI is InChI=1S/C19H25NO2/c1-3-13-10-20(9-12-4-5-12)18-11(2)17(13)16-8-14(21)6-7-15(16)19(18)22/h6-8,11-13,17-18,21H,3-5,9-10H2,1-2H3/t11?,13?,17-,18-/m1/s1. The van der Waals surface area contributed by atoms with E-state index < -0.39 is 0 Å². The summed E-state index contributed by atoms with van der Waals surface area (Å²) < 4.78 is 0. The number of phenolic OH excluding ortho intramolecular Hbond substituents is 1. The van der Waals surface area contributed by atoms with Gasteiger partial charge in [-0.25, -0.2) is 0 Å². The first-order chi connectivity index (χ1) is 10.6. The van der Waals surface area contributed by atoms with E-state index in [1.54, 1.807) is 6.07 Å². The molecule has 2 unspecified atom stereocenters. The molecule has 1 saturated carbocycles. The Morgan fingerprint density at radius 3 is 2.77 bits per heavy atom. The van der Waals surface area contributed by atoms with Crippen LogP contribution in [0.1, 0.15) is 54.9 Å². The molecule has 0 aromatic heterocycles. The zero-order valence-electron chi connectivity index (χ0n) is 13.5. The lowest BCUT2D eigenvalue weighted by Gasteiger charge is -2.51. The van der Waals surface area contributed by atoms with Gasteiger partial charge in [0.25, 0.3) is 0 Å². The van der Waals surface area contributed by atoms with Crippen LogP contribution in [0.25, 0.3) is 0 Å². The molecule has 1 saturated heterocycles. The van der Waals surface area contributed by atoms with Crippen molar-refractivity contribution < 1.29 is 9.90 Å². The first-order valence-corrected chi connectivity index (χ1v) is 8.71. The second-order valence-electron chi connectivity index (χ2n) is 7.53. The van der Waals surface area contributed by atoms with Gasteiger partial charge in [-0.2, -0.15) is 0 Å². The van der Waals surface area contributed by atoms with Crippen molar-refractivity contribution in [3.8, 4) is 5.75 Å². The maximum atomic E-state index is 13.0. The highest BCUT2D eigenvalue weighted by atomic mass is 16.3. The number of carbonyl (C=O) groups is 1. The lowest BCUT2D eigenvalue weighted by atomic mass is 9.63. The molecule has 118 valence electrons. The maximum Gasteiger partial charge on any atom is 0.180 e.